The molecule has 6 heteroatoms. The summed E-state index contributed by atoms with van der Waals surface area (Å²) in [6.07, 6.45) is 4.46. The summed E-state index contributed by atoms with van der Waals surface area (Å²) in [6, 6.07) is 8.66. The number of hydrogen-bond acceptors (Lipinski definition) is 4. The Labute approximate surface area is 147 Å². The SMILES string of the molecule is CCc1ccc(-c2nc(SCC(=O)N3CCCC[C@H]3C)n[nH]2)cc1. The minimum absolute atomic E-state index is 0.186. The molecule has 0 radical (unpaired) electrons. The second-order valence-corrected chi connectivity index (χ2v) is 7.18. The fourth-order valence-corrected chi connectivity index (χ4v) is 3.70. The van der Waals surface area contributed by atoms with Crippen LogP contribution in [0.3, 0.4) is 0 Å². The van der Waals surface area contributed by atoms with Gasteiger partial charge in [-0.15, -0.1) is 5.10 Å². The molecule has 1 saturated heterocycles. The maximum atomic E-state index is 12.4. The monoisotopic (exact) mass is 344 g/mol. The lowest BCUT2D eigenvalue weighted by atomic mass is 10.0. The fourth-order valence-electron chi connectivity index (χ4n) is 3.02. The van der Waals surface area contributed by atoms with Gasteiger partial charge in [-0.05, 0) is 38.2 Å². The third-order valence-corrected chi connectivity index (χ3v) is 5.38. The van der Waals surface area contributed by atoms with Crippen molar-refractivity contribution in [1.82, 2.24) is 20.1 Å². The van der Waals surface area contributed by atoms with Crippen LogP contribution in [0.25, 0.3) is 11.4 Å². The highest BCUT2D eigenvalue weighted by atomic mass is 32.2. The average Bonchev–Trinajstić information content (AvgIpc) is 3.09. The number of aryl methyl sites for hydroxylation is 1. The van der Waals surface area contributed by atoms with Crippen LogP contribution in [0, 0.1) is 0 Å². The fraction of sp³-hybridized carbons (Fsp3) is 0.500. The van der Waals surface area contributed by atoms with Gasteiger partial charge in [0, 0.05) is 18.2 Å². The highest BCUT2D eigenvalue weighted by Gasteiger charge is 2.23. The number of nitrogens with one attached hydrogen (secondary N) is 1. The molecule has 24 heavy (non-hydrogen) atoms. The van der Waals surface area contributed by atoms with Crippen molar-refractivity contribution in [2.24, 2.45) is 0 Å². The van der Waals surface area contributed by atoms with Gasteiger partial charge in [0.1, 0.15) is 0 Å². The minimum Gasteiger partial charge on any atom is -0.339 e. The largest absolute Gasteiger partial charge is 0.339 e. The van der Waals surface area contributed by atoms with E-state index in [1.165, 1.54) is 23.7 Å². The molecular formula is C18H24N4OS. The van der Waals surface area contributed by atoms with Crippen LogP contribution in [0.2, 0.25) is 0 Å². The third kappa shape index (κ3) is 3.98. The highest BCUT2D eigenvalue weighted by molar-refractivity contribution is 7.99. The molecule has 0 saturated carbocycles. The van der Waals surface area contributed by atoms with Crippen LogP contribution in [-0.4, -0.2) is 44.3 Å². The molecule has 1 aromatic carbocycles. The smallest absolute Gasteiger partial charge is 0.233 e. The first-order valence-corrected chi connectivity index (χ1v) is 9.60. The summed E-state index contributed by atoms with van der Waals surface area (Å²) in [4.78, 5) is 18.9. The van der Waals surface area contributed by atoms with E-state index in [1.54, 1.807) is 0 Å². The van der Waals surface area contributed by atoms with Gasteiger partial charge in [-0.1, -0.05) is 43.0 Å². The Morgan fingerprint density at radius 2 is 2.12 bits per heavy atom. The lowest BCUT2D eigenvalue weighted by Gasteiger charge is -2.33. The number of piperidine rings is 1. The van der Waals surface area contributed by atoms with E-state index in [0.29, 0.717) is 17.0 Å². The Hall–Kier alpha value is -1.82. The Kier molecular flexibility index (Phi) is 5.56. The highest BCUT2D eigenvalue weighted by Crippen LogP contribution is 2.22. The molecule has 2 heterocycles. The number of hydrogen-bond donors (Lipinski definition) is 1. The summed E-state index contributed by atoms with van der Waals surface area (Å²) in [5.74, 6) is 1.33. The van der Waals surface area contributed by atoms with Crippen LogP contribution in [-0.2, 0) is 11.2 Å². The molecule has 0 bridgehead atoms. The molecule has 0 aliphatic carbocycles. The van der Waals surface area contributed by atoms with Crippen molar-refractivity contribution in [3.05, 3.63) is 29.8 Å². The summed E-state index contributed by atoms with van der Waals surface area (Å²) in [6.45, 7) is 5.15. The quantitative estimate of drug-likeness (QED) is 0.843. The number of amides is 1. The van der Waals surface area contributed by atoms with Crippen LogP contribution in [0.15, 0.2) is 29.4 Å². The molecule has 1 amide bonds. The average molecular weight is 344 g/mol. The molecule has 0 unspecified atom stereocenters. The van der Waals surface area contributed by atoms with Gasteiger partial charge in [-0.3, -0.25) is 9.89 Å². The number of H-pyrrole nitrogens is 1. The summed E-state index contributed by atoms with van der Waals surface area (Å²) < 4.78 is 0. The van der Waals surface area contributed by atoms with E-state index in [0.717, 1.165) is 37.2 Å². The van der Waals surface area contributed by atoms with Crippen LogP contribution in [0.4, 0.5) is 0 Å². The van der Waals surface area contributed by atoms with E-state index in [9.17, 15) is 4.79 Å². The predicted molar refractivity (Wildman–Crippen MR) is 96.9 cm³/mol. The van der Waals surface area contributed by atoms with Gasteiger partial charge in [0.15, 0.2) is 5.82 Å². The maximum Gasteiger partial charge on any atom is 0.233 e. The van der Waals surface area contributed by atoms with E-state index < -0.39 is 0 Å². The number of aromatic amines is 1. The van der Waals surface area contributed by atoms with Gasteiger partial charge in [0.2, 0.25) is 11.1 Å². The number of nitrogens with zero attached hydrogens (tertiary/aromatic N) is 3. The van der Waals surface area contributed by atoms with E-state index in [1.807, 2.05) is 17.0 Å². The Morgan fingerprint density at radius 1 is 1.33 bits per heavy atom. The second-order valence-electron chi connectivity index (χ2n) is 6.24. The molecule has 5 nitrogen and oxygen atoms in total. The molecular weight excluding hydrogens is 320 g/mol. The van der Waals surface area contributed by atoms with E-state index in [4.69, 9.17) is 0 Å². The van der Waals surface area contributed by atoms with Gasteiger partial charge in [-0.2, -0.15) is 0 Å². The zero-order valence-electron chi connectivity index (χ0n) is 14.3. The predicted octanol–water partition coefficient (Wildman–Crippen LogP) is 3.53. The number of benzene rings is 1. The third-order valence-electron chi connectivity index (χ3n) is 4.55. The first-order valence-electron chi connectivity index (χ1n) is 8.61. The normalized spacial score (nSPS) is 17.9. The Balaban J connectivity index is 1.58. The van der Waals surface area contributed by atoms with E-state index in [-0.39, 0.29) is 5.91 Å². The Bertz CT molecular complexity index is 683. The molecule has 3 rings (SSSR count). The minimum atomic E-state index is 0.186. The van der Waals surface area contributed by atoms with Crippen molar-refractivity contribution in [3.8, 4) is 11.4 Å². The summed E-state index contributed by atoms with van der Waals surface area (Å²) in [5.41, 5.74) is 2.32. The summed E-state index contributed by atoms with van der Waals surface area (Å²) in [7, 11) is 0. The van der Waals surface area contributed by atoms with Crippen LogP contribution in [0.5, 0.6) is 0 Å². The number of thioether (sulfide) groups is 1. The molecule has 1 atom stereocenters. The molecule has 1 aliphatic rings. The van der Waals surface area contributed by atoms with Crippen molar-refractivity contribution in [2.75, 3.05) is 12.3 Å². The zero-order chi connectivity index (χ0) is 16.9. The van der Waals surface area contributed by atoms with Crippen LogP contribution >= 0.6 is 11.8 Å². The Morgan fingerprint density at radius 3 is 2.83 bits per heavy atom. The molecule has 0 spiro atoms. The van der Waals surface area contributed by atoms with Gasteiger partial charge < -0.3 is 4.90 Å². The van der Waals surface area contributed by atoms with Gasteiger partial charge >= 0.3 is 0 Å². The number of aromatic nitrogens is 3. The van der Waals surface area contributed by atoms with Crippen molar-refractivity contribution in [3.63, 3.8) is 0 Å². The second kappa shape index (κ2) is 7.83. The van der Waals surface area contributed by atoms with Crippen LogP contribution < -0.4 is 0 Å². The molecule has 128 valence electrons. The molecule has 1 aliphatic heterocycles. The molecule has 1 N–H and O–H groups in total. The first kappa shape index (κ1) is 17.0. The summed E-state index contributed by atoms with van der Waals surface area (Å²) >= 11 is 1.40. The first-order chi connectivity index (χ1) is 11.7. The van der Waals surface area contributed by atoms with Crippen molar-refractivity contribution in [1.29, 1.82) is 0 Å². The lowest BCUT2D eigenvalue weighted by Crippen LogP contribution is -2.42. The van der Waals surface area contributed by atoms with Gasteiger partial charge in [0.25, 0.3) is 0 Å². The number of carbonyl (C=O) groups excluding carboxylic acids is 1. The molecule has 2 aromatic rings. The van der Waals surface area contributed by atoms with Crippen LogP contribution in [0.1, 0.15) is 38.7 Å². The maximum absolute atomic E-state index is 12.4. The van der Waals surface area contributed by atoms with Crippen molar-refractivity contribution >= 4 is 17.7 Å². The lowest BCUT2D eigenvalue weighted by molar-refractivity contribution is -0.131. The van der Waals surface area contributed by atoms with Gasteiger partial charge in [0.05, 0.1) is 5.75 Å². The number of rotatable bonds is 5. The van der Waals surface area contributed by atoms with Crippen molar-refractivity contribution in [2.45, 2.75) is 50.7 Å². The molecule has 1 aromatic heterocycles. The van der Waals surface area contributed by atoms with E-state index in [2.05, 4.69) is 41.2 Å². The standard InChI is InChI=1S/C18H24N4OS/c1-3-14-7-9-15(10-8-14)17-19-18(21-20-17)24-12-16(23)22-11-5-4-6-13(22)2/h7-10,13H,3-6,11-12H2,1-2H3,(H,19,20,21)/t13-/m1/s1. The topological polar surface area (TPSA) is 61.9 Å². The molecule has 1 fully saturated rings. The number of likely N-dealkylation sites (tertiary alicyclic amines) is 1. The van der Waals surface area contributed by atoms with Gasteiger partial charge in [-0.25, -0.2) is 4.98 Å². The van der Waals surface area contributed by atoms with E-state index >= 15 is 0 Å². The summed E-state index contributed by atoms with van der Waals surface area (Å²) in [5, 5.41) is 7.82. The number of carbonyl (C=O) groups is 1. The zero-order valence-corrected chi connectivity index (χ0v) is 15.1. The van der Waals surface area contributed by atoms with Crippen molar-refractivity contribution < 1.29 is 4.79 Å².